The number of aromatic nitrogens is 2. The number of rotatable bonds is 6. The van der Waals surface area contributed by atoms with E-state index in [-0.39, 0.29) is 0 Å². The third-order valence-electron chi connectivity index (χ3n) is 3.35. The van der Waals surface area contributed by atoms with Gasteiger partial charge in [0.1, 0.15) is 0 Å². The Morgan fingerprint density at radius 1 is 1.50 bits per heavy atom. The molecule has 0 aliphatic carbocycles. The maximum atomic E-state index is 10.3. The molecule has 5 nitrogen and oxygen atoms in total. The molecule has 0 unspecified atom stereocenters. The Labute approximate surface area is 108 Å². The highest BCUT2D eigenvalue weighted by atomic mass is 16.5. The Hall–Kier alpha value is -0.910. The molecule has 0 amide bonds. The third-order valence-corrected chi connectivity index (χ3v) is 3.35. The Bertz CT molecular complexity index is 359. The smallest absolute Gasteiger partial charge is 0.0815 e. The number of aryl methyl sites for hydroxylation is 1. The average Bonchev–Trinajstić information content (AvgIpc) is 2.78. The largest absolute Gasteiger partial charge is 0.388 e. The van der Waals surface area contributed by atoms with E-state index in [1.807, 2.05) is 10.9 Å². The summed E-state index contributed by atoms with van der Waals surface area (Å²) >= 11 is 0. The molecule has 18 heavy (non-hydrogen) atoms. The van der Waals surface area contributed by atoms with Gasteiger partial charge in [0, 0.05) is 57.4 Å². The van der Waals surface area contributed by atoms with E-state index in [1.54, 1.807) is 0 Å². The SMILES string of the molecule is CCCn1cc(CNCC2(O)CCOCC2)cn1. The van der Waals surface area contributed by atoms with E-state index in [4.69, 9.17) is 4.74 Å². The highest BCUT2D eigenvalue weighted by Gasteiger charge is 2.29. The first-order valence-corrected chi connectivity index (χ1v) is 6.74. The van der Waals surface area contributed by atoms with Crippen LogP contribution in [0.3, 0.4) is 0 Å². The predicted molar refractivity (Wildman–Crippen MR) is 69.2 cm³/mol. The number of hydrogen-bond donors (Lipinski definition) is 2. The number of ether oxygens (including phenoxy) is 1. The fraction of sp³-hybridized carbons (Fsp3) is 0.769. The van der Waals surface area contributed by atoms with Gasteiger partial charge < -0.3 is 15.2 Å². The van der Waals surface area contributed by atoms with Crippen LogP contribution >= 0.6 is 0 Å². The summed E-state index contributed by atoms with van der Waals surface area (Å²) in [6.45, 7) is 5.79. The molecular formula is C13H23N3O2. The zero-order chi connectivity index (χ0) is 12.8. The lowest BCUT2D eigenvalue weighted by Gasteiger charge is -2.32. The molecule has 1 aromatic heterocycles. The number of hydrogen-bond acceptors (Lipinski definition) is 4. The second kappa shape index (κ2) is 6.31. The van der Waals surface area contributed by atoms with Crippen molar-refractivity contribution in [3.05, 3.63) is 18.0 Å². The summed E-state index contributed by atoms with van der Waals surface area (Å²) in [5.41, 5.74) is 0.566. The van der Waals surface area contributed by atoms with Gasteiger partial charge in [0.25, 0.3) is 0 Å². The molecule has 0 radical (unpaired) electrons. The lowest BCUT2D eigenvalue weighted by atomic mass is 9.94. The van der Waals surface area contributed by atoms with Crippen molar-refractivity contribution in [3.8, 4) is 0 Å². The molecule has 0 spiro atoms. The maximum Gasteiger partial charge on any atom is 0.0815 e. The van der Waals surface area contributed by atoms with Crippen LogP contribution in [0.15, 0.2) is 12.4 Å². The Balaban J connectivity index is 1.73. The first-order valence-electron chi connectivity index (χ1n) is 6.74. The van der Waals surface area contributed by atoms with E-state index in [0.717, 1.165) is 32.4 Å². The topological polar surface area (TPSA) is 59.3 Å². The summed E-state index contributed by atoms with van der Waals surface area (Å²) < 4.78 is 7.22. The van der Waals surface area contributed by atoms with Gasteiger partial charge in [0.15, 0.2) is 0 Å². The molecule has 2 heterocycles. The molecule has 0 aromatic carbocycles. The molecule has 5 heteroatoms. The normalized spacial score (nSPS) is 19.0. The van der Waals surface area contributed by atoms with Gasteiger partial charge in [-0.25, -0.2) is 0 Å². The van der Waals surface area contributed by atoms with Crippen LogP contribution in [0.5, 0.6) is 0 Å². The van der Waals surface area contributed by atoms with Crippen molar-refractivity contribution in [2.75, 3.05) is 19.8 Å². The van der Waals surface area contributed by atoms with E-state index in [0.29, 0.717) is 19.8 Å². The lowest BCUT2D eigenvalue weighted by Crippen LogP contribution is -2.44. The van der Waals surface area contributed by atoms with Crippen LogP contribution in [0, 0.1) is 0 Å². The highest BCUT2D eigenvalue weighted by molar-refractivity contribution is 5.03. The van der Waals surface area contributed by atoms with Crippen molar-refractivity contribution in [1.82, 2.24) is 15.1 Å². The van der Waals surface area contributed by atoms with E-state index < -0.39 is 5.60 Å². The summed E-state index contributed by atoms with van der Waals surface area (Å²) in [6.07, 6.45) is 6.47. The Morgan fingerprint density at radius 3 is 3.00 bits per heavy atom. The minimum absolute atomic E-state index is 0.600. The molecule has 0 atom stereocenters. The quantitative estimate of drug-likeness (QED) is 0.791. The molecule has 1 aromatic rings. The van der Waals surface area contributed by atoms with E-state index in [2.05, 4.69) is 23.5 Å². The van der Waals surface area contributed by atoms with Gasteiger partial charge in [0.05, 0.1) is 11.8 Å². The molecule has 1 aliphatic heterocycles. The van der Waals surface area contributed by atoms with Crippen LogP contribution in [-0.4, -0.2) is 40.2 Å². The van der Waals surface area contributed by atoms with Crippen molar-refractivity contribution in [1.29, 1.82) is 0 Å². The first-order chi connectivity index (χ1) is 8.72. The highest BCUT2D eigenvalue weighted by Crippen LogP contribution is 2.19. The average molecular weight is 253 g/mol. The predicted octanol–water partition coefficient (Wildman–Crippen LogP) is 0.924. The van der Waals surface area contributed by atoms with E-state index >= 15 is 0 Å². The third kappa shape index (κ3) is 3.80. The standard InChI is InChI=1S/C13H23N3O2/c1-2-5-16-10-12(9-15-16)8-14-11-13(17)3-6-18-7-4-13/h9-10,14,17H,2-8,11H2,1H3. The summed E-state index contributed by atoms with van der Waals surface area (Å²) in [5.74, 6) is 0. The van der Waals surface area contributed by atoms with Gasteiger partial charge >= 0.3 is 0 Å². The lowest BCUT2D eigenvalue weighted by molar-refractivity contribution is -0.0617. The molecule has 1 aliphatic rings. The molecule has 2 rings (SSSR count). The monoisotopic (exact) mass is 253 g/mol. The number of aliphatic hydroxyl groups is 1. The Kier molecular flexibility index (Phi) is 4.74. The van der Waals surface area contributed by atoms with Crippen molar-refractivity contribution in [2.24, 2.45) is 0 Å². The second-order valence-electron chi connectivity index (χ2n) is 5.05. The fourth-order valence-corrected chi connectivity index (χ4v) is 2.22. The van der Waals surface area contributed by atoms with Crippen molar-refractivity contribution < 1.29 is 9.84 Å². The van der Waals surface area contributed by atoms with Crippen LogP contribution in [-0.2, 0) is 17.8 Å². The number of nitrogens with one attached hydrogen (secondary N) is 1. The van der Waals surface area contributed by atoms with Gasteiger partial charge in [0.2, 0.25) is 0 Å². The molecule has 1 saturated heterocycles. The van der Waals surface area contributed by atoms with Crippen LogP contribution in [0.1, 0.15) is 31.7 Å². The number of nitrogens with zero attached hydrogens (tertiary/aromatic N) is 2. The molecule has 0 bridgehead atoms. The van der Waals surface area contributed by atoms with Gasteiger partial charge in [-0.1, -0.05) is 6.92 Å². The van der Waals surface area contributed by atoms with Crippen molar-refractivity contribution in [2.45, 2.75) is 44.9 Å². The molecular weight excluding hydrogens is 230 g/mol. The minimum atomic E-state index is -0.600. The summed E-state index contributed by atoms with van der Waals surface area (Å²) in [4.78, 5) is 0. The molecule has 102 valence electrons. The second-order valence-corrected chi connectivity index (χ2v) is 5.05. The zero-order valence-corrected chi connectivity index (χ0v) is 11.1. The van der Waals surface area contributed by atoms with Gasteiger partial charge in [-0.05, 0) is 6.42 Å². The summed E-state index contributed by atoms with van der Waals surface area (Å²) in [6, 6.07) is 0. The minimum Gasteiger partial charge on any atom is -0.388 e. The summed E-state index contributed by atoms with van der Waals surface area (Å²) in [7, 11) is 0. The molecule has 1 fully saturated rings. The van der Waals surface area contributed by atoms with Crippen molar-refractivity contribution in [3.63, 3.8) is 0 Å². The fourth-order valence-electron chi connectivity index (χ4n) is 2.22. The van der Waals surface area contributed by atoms with Crippen LogP contribution in [0.25, 0.3) is 0 Å². The van der Waals surface area contributed by atoms with Gasteiger partial charge in [-0.2, -0.15) is 5.10 Å². The van der Waals surface area contributed by atoms with Crippen LogP contribution in [0.2, 0.25) is 0 Å². The molecule has 2 N–H and O–H groups in total. The van der Waals surface area contributed by atoms with E-state index in [9.17, 15) is 5.11 Å². The molecule has 0 saturated carbocycles. The van der Waals surface area contributed by atoms with Crippen LogP contribution in [0.4, 0.5) is 0 Å². The Morgan fingerprint density at radius 2 is 2.28 bits per heavy atom. The first kappa shape index (κ1) is 13.5. The van der Waals surface area contributed by atoms with Crippen molar-refractivity contribution >= 4 is 0 Å². The van der Waals surface area contributed by atoms with E-state index in [1.165, 1.54) is 5.56 Å². The van der Waals surface area contributed by atoms with Gasteiger partial charge in [-0.3, -0.25) is 4.68 Å². The maximum absolute atomic E-state index is 10.3. The zero-order valence-electron chi connectivity index (χ0n) is 11.1. The van der Waals surface area contributed by atoms with Crippen LogP contribution < -0.4 is 5.32 Å². The van der Waals surface area contributed by atoms with Gasteiger partial charge in [-0.15, -0.1) is 0 Å². The summed E-state index contributed by atoms with van der Waals surface area (Å²) in [5, 5.41) is 17.9.